The van der Waals surface area contributed by atoms with Crippen molar-refractivity contribution in [2.24, 2.45) is 0 Å². The van der Waals surface area contributed by atoms with Crippen molar-refractivity contribution in [1.29, 1.82) is 0 Å². The van der Waals surface area contributed by atoms with E-state index >= 15 is 0 Å². The van der Waals surface area contributed by atoms with E-state index in [-0.39, 0.29) is 10.8 Å². The third-order valence-electron chi connectivity index (χ3n) is 5.51. The summed E-state index contributed by atoms with van der Waals surface area (Å²) in [7, 11) is -3.54. The summed E-state index contributed by atoms with van der Waals surface area (Å²) in [4.78, 5) is 14.8. The highest BCUT2D eigenvalue weighted by molar-refractivity contribution is 7.99. The molecule has 0 N–H and O–H groups in total. The number of hydrogen-bond donors (Lipinski definition) is 0. The molecule has 3 heterocycles. The lowest BCUT2D eigenvalue weighted by molar-refractivity contribution is -0.116. The number of ether oxygens (including phenoxy) is 1. The molecule has 0 saturated carbocycles. The highest BCUT2D eigenvalue weighted by Gasteiger charge is 2.30. The number of hydrogen-bond acceptors (Lipinski definition) is 7. The average molecular weight is 452 g/mol. The maximum absolute atomic E-state index is 12.9. The summed E-state index contributed by atoms with van der Waals surface area (Å²) in [6.45, 7) is 5.90. The van der Waals surface area contributed by atoms with Crippen molar-refractivity contribution in [3.05, 3.63) is 40.8 Å². The van der Waals surface area contributed by atoms with Crippen LogP contribution in [0.4, 0.5) is 5.69 Å². The molecule has 30 heavy (non-hydrogen) atoms. The Labute approximate surface area is 180 Å². The van der Waals surface area contributed by atoms with Crippen LogP contribution in [0.3, 0.4) is 0 Å². The van der Waals surface area contributed by atoms with Crippen molar-refractivity contribution < 1.29 is 22.5 Å². The van der Waals surface area contributed by atoms with E-state index in [1.807, 2.05) is 13.8 Å². The molecule has 4 rings (SSSR count). The van der Waals surface area contributed by atoms with Crippen LogP contribution in [-0.4, -0.2) is 62.4 Å². The number of aromatic nitrogens is 1. The number of rotatable bonds is 6. The molecule has 1 saturated heterocycles. The quantitative estimate of drug-likeness (QED) is 0.664. The Morgan fingerprint density at radius 1 is 1.20 bits per heavy atom. The Bertz CT molecular complexity index is 1030. The van der Waals surface area contributed by atoms with Gasteiger partial charge in [0.05, 0.1) is 29.6 Å². The first kappa shape index (κ1) is 21.4. The highest BCUT2D eigenvalue weighted by Crippen LogP contribution is 2.32. The fraction of sp³-hybridized carbons (Fsp3) is 0.500. The smallest absolute Gasteiger partial charge is 0.243 e. The highest BCUT2D eigenvalue weighted by atomic mass is 32.2. The molecule has 0 spiro atoms. The molecule has 1 fully saturated rings. The van der Waals surface area contributed by atoms with Crippen LogP contribution in [0.2, 0.25) is 0 Å². The average Bonchev–Trinajstić information content (AvgIpc) is 3.32. The second-order valence-corrected chi connectivity index (χ2v) is 10.3. The van der Waals surface area contributed by atoms with Crippen LogP contribution < -0.4 is 4.90 Å². The Balaban J connectivity index is 1.42. The summed E-state index contributed by atoms with van der Waals surface area (Å²) in [6.07, 6.45) is 0.655. The maximum Gasteiger partial charge on any atom is 0.243 e. The Morgan fingerprint density at radius 3 is 2.67 bits per heavy atom. The molecule has 1 amide bonds. The van der Waals surface area contributed by atoms with Crippen molar-refractivity contribution in [1.82, 2.24) is 9.46 Å². The number of aryl methyl sites for hydroxylation is 2. The van der Waals surface area contributed by atoms with Crippen LogP contribution >= 0.6 is 11.8 Å². The van der Waals surface area contributed by atoms with E-state index in [4.69, 9.17) is 9.26 Å². The minimum Gasteiger partial charge on any atom is -0.379 e. The minimum absolute atomic E-state index is 0.0225. The second-order valence-electron chi connectivity index (χ2n) is 7.40. The van der Waals surface area contributed by atoms with Gasteiger partial charge in [-0.2, -0.15) is 4.31 Å². The van der Waals surface area contributed by atoms with Gasteiger partial charge in [-0.3, -0.25) is 4.79 Å². The SMILES string of the molecule is Cc1noc(C)c1CSCC(=O)N1CCc2cc(S(=O)(=O)N3CCOCC3)ccc21. The number of amides is 1. The summed E-state index contributed by atoms with van der Waals surface area (Å²) < 4.78 is 37.6. The predicted molar refractivity (Wildman–Crippen MR) is 114 cm³/mol. The van der Waals surface area contributed by atoms with Gasteiger partial charge in [-0.05, 0) is 44.0 Å². The zero-order valence-corrected chi connectivity index (χ0v) is 18.7. The van der Waals surface area contributed by atoms with Gasteiger partial charge in [0, 0.05) is 36.6 Å². The van der Waals surface area contributed by atoms with Gasteiger partial charge in [0.15, 0.2) is 0 Å². The number of anilines is 1. The minimum atomic E-state index is -3.54. The van der Waals surface area contributed by atoms with Crippen molar-refractivity contribution >= 4 is 33.4 Å². The molecule has 2 aromatic rings. The molecule has 162 valence electrons. The van der Waals surface area contributed by atoms with E-state index < -0.39 is 10.0 Å². The molecule has 0 atom stereocenters. The number of carbonyl (C=O) groups excluding carboxylic acids is 1. The maximum atomic E-state index is 12.9. The third-order valence-corrected chi connectivity index (χ3v) is 8.35. The number of carbonyl (C=O) groups is 1. The normalized spacial score (nSPS) is 17.3. The van der Waals surface area contributed by atoms with Crippen LogP contribution in [0.1, 0.15) is 22.6 Å². The molecule has 1 aromatic heterocycles. The second kappa shape index (κ2) is 8.70. The summed E-state index contributed by atoms with van der Waals surface area (Å²) in [5.74, 6) is 1.82. The van der Waals surface area contributed by atoms with Gasteiger partial charge in [-0.1, -0.05) is 5.16 Å². The molecule has 0 radical (unpaired) electrons. The van der Waals surface area contributed by atoms with Gasteiger partial charge in [0.2, 0.25) is 15.9 Å². The fourth-order valence-electron chi connectivity index (χ4n) is 3.76. The standard InChI is InChI=1S/C20H25N3O5S2/c1-14-18(15(2)28-21-14)12-29-13-20(24)23-6-5-16-11-17(3-4-19(16)23)30(25,26)22-7-9-27-10-8-22/h3-4,11H,5-10,12-13H2,1-2H3. The molecule has 0 unspecified atom stereocenters. The summed E-state index contributed by atoms with van der Waals surface area (Å²) in [5.41, 5.74) is 3.59. The molecule has 0 aliphatic carbocycles. The lowest BCUT2D eigenvalue weighted by Gasteiger charge is -2.26. The summed E-state index contributed by atoms with van der Waals surface area (Å²) >= 11 is 1.53. The zero-order chi connectivity index (χ0) is 21.3. The van der Waals surface area contributed by atoms with Crippen LogP contribution in [0.15, 0.2) is 27.6 Å². The van der Waals surface area contributed by atoms with Crippen molar-refractivity contribution in [2.45, 2.75) is 30.9 Å². The van der Waals surface area contributed by atoms with Gasteiger partial charge < -0.3 is 14.2 Å². The topological polar surface area (TPSA) is 93.0 Å². The molecule has 0 bridgehead atoms. The first-order valence-corrected chi connectivity index (χ1v) is 12.5. The first-order valence-electron chi connectivity index (χ1n) is 9.88. The molecule has 1 aromatic carbocycles. The van der Waals surface area contributed by atoms with Crippen LogP contribution in [-0.2, 0) is 31.7 Å². The molecule has 8 nitrogen and oxygen atoms in total. The number of morpholine rings is 1. The predicted octanol–water partition coefficient (Wildman–Crippen LogP) is 2.13. The van der Waals surface area contributed by atoms with E-state index in [2.05, 4.69) is 5.16 Å². The summed E-state index contributed by atoms with van der Waals surface area (Å²) in [5, 5.41) is 3.94. The fourth-order valence-corrected chi connectivity index (χ4v) is 6.27. The van der Waals surface area contributed by atoms with Gasteiger partial charge in [0.1, 0.15) is 5.76 Å². The number of sulfonamides is 1. The monoisotopic (exact) mass is 451 g/mol. The van der Waals surface area contributed by atoms with Crippen molar-refractivity contribution in [3.8, 4) is 0 Å². The zero-order valence-electron chi connectivity index (χ0n) is 17.1. The molecule has 2 aliphatic heterocycles. The van der Waals surface area contributed by atoms with Crippen LogP contribution in [0.5, 0.6) is 0 Å². The van der Waals surface area contributed by atoms with Gasteiger partial charge in [-0.15, -0.1) is 11.8 Å². The van der Waals surface area contributed by atoms with Crippen molar-refractivity contribution in [3.63, 3.8) is 0 Å². The van der Waals surface area contributed by atoms with Gasteiger partial charge in [0.25, 0.3) is 0 Å². The summed E-state index contributed by atoms with van der Waals surface area (Å²) in [6, 6.07) is 5.07. The lowest BCUT2D eigenvalue weighted by Crippen LogP contribution is -2.40. The van der Waals surface area contributed by atoms with E-state index in [0.29, 0.717) is 50.8 Å². The Kier molecular flexibility index (Phi) is 6.19. The molecule has 10 heteroatoms. The van der Waals surface area contributed by atoms with E-state index in [9.17, 15) is 13.2 Å². The number of fused-ring (bicyclic) bond motifs is 1. The van der Waals surface area contributed by atoms with E-state index in [1.165, 1.54) is 16.1 Å². The van der Waals surface area contributed by atoms with Crippen LogP contribution in [0.25, 0.3) is 0 Å². The molecular formula is C20H25N3O5S2. The number of nitrogens with zero attached hydrogens (tertiary/aromatic N) is 3. The lowest BCUT2D eigenvalue weighted by atomic mass is 10.2. The Morgan fingerprint density at radius 2 is 1.97 bits per heavy atom. The largest absolute Gasteiger partial charge is 0.379 e. The first-order chi connectivity index (χ1) is 14.4. The Hall–Kier alpha value is -1.88. The van der Waals surface area contributed by atoms with Gasteiger partial charge in [-0.25, -0.2) is 8.42 Å². The third kappa shape index (κ3) is 4.14. The van der Waals surface area contributed by atoms with Crippen LogP contribution in [0, 0.1) is 13.8 Å². The molecular weight excluding hydrogens is 426 g/mol. The van der Waals surface area contributed by atoms with E-state index in [0.717, 1.165) is 28.3 Å². The molecule has 2 aliphatic rings. The number of benzene rings is 1. The van der Waals surface area contributed by atoms with E-state index in [1.54, 1.807) is 23.1 Å². The van der Waals surface area contributed by atoms with Gasteiger partial charge >= 0.3 is 0 Å². The number of thioether (sulfide) groups is 1. The van der Waals surface area contributed by atoms with Crippen molar-refractivity contribution in [2.75, 3.05) is 43.5 Å².